The summed E-state index contributed by atoms with van der Waals surface area (Å²) < 4.78 is 77.3. The molecule has 3 nitrogen and oxygen atoms in total. The predicted molar refractivity (Wildman–Crippen MR) is 68.7 cm³/mol. The Morgan fingerprint density at radius 3 is 2.05 bits per heavy atom. The maximum atomic E-state index is 12.8. The van der Waals surface area contributed by atoms with Crippen LogP contribution in [-0.2, 0) is 16.2 Å². The molecule has 2 aromatic carbocycles. The van der Waals surface area contributed by atoms with Crippen LogP contribution in [0.2, 0.25) is 0 Å². The van der Waals surface area contributed by atoms with Crippen molar-refractivity contribution >= 4 is 15.7 Å². The van der Waals surface area contributed by atoms with Gasteiger partial charge in [-0.1, -0.05) is 12.1 Å². The van der Waals surface area contributed by atoms with Crippen molar-refractivity contribution in [3.05, 3.63) is 59.9 Å². The fraction of sp³-hybridized carbons (Fsp3) is 0.0769. The number of hydrogen-bond donors (Lipinski definition) is 1. The molecule has 0 amide bonds. The Labute approximate surface area is 118 Å². The third-order valence-corrected chi connectivity index (χ3v) is 4.02. The first-order valence-electron chi connectivity index (χ1n) is 5.65. The molecule has 0 fully saturated rings. The van der Waals surface area contributed by atoms with E-state index in [1.165, 1.54) is 6.07 Å². The highest BCUT2D eigenvalue weighted by molar-refractivity contribution is 7.92. The van der Waals surface area contributed by atoms with Crippen molar-refractivity contribution in [3.8, 4) is 0 Å². The SMILES string of the molecule is O=S(=O)(Nc1ccc(F)cc1)c1ccccc1C(F)(F)F. The lowest BCUT2D eigenvalue weighted by Gasteiger charge is -2.14. The van der Waals surface area contributed by atoms with E-state index < -0.39 is 32.5 Å². The first-order valence-corrected chi connectivity index (χ1v) is 7.13. The number of hydrogen-bond acceptors (Lipinski definition) is 2. The molecule has 21 heavy (non-hydrogen) atoms. The molecule has 1 N–H and O–H groups in total. The Morgan fingerprint density at radius 1 is 0.905 bits per heavy atom. The lowest BCUT2D eigenvalue weighted by molar-refractivity contribution is -0.139. The third-order valence-electron chi connectivity index (χ3n) is 2.58. The number of nitrogens with one attached hydrogen (secondary N) is 1. The molecular formula is C13H9F4NO2S. The average molecular weight is 319 g/mol. The summed E-state index contributed by atoms with van der Waals surface area (Å²) in [6, 6.07) is 8.04. The Bertz CT molecular complexity index is 740. The summed E-state index contributed by atoms with van der Waals surface area (Å²) in [5.41, 5.74) is -1.30. The van der Waals surface area contributed by atoms with E-state index in [0.29, 0.717) is 6.07 Å². The number of halogens is 4. The second kappa shape index (κ2) is 5.36. The molecule has 0 bridgehead atoms. The van der Waals surface area contributed by atoms with Gasteiger partial charge >= 0.3 is 6.18 Å². The summed E-state index contributed by atoms with van der Waals surface area (Å²) in [5, 5.41) is 0. The molecule has 8 heteroatoms. The molecule has 0 unspecified atom stereocenters. The van der Waals surface area contributed by atoms with Crippen LogP contribution < -0.4 is 4.72 Å². The van der Waals surface area contributed by atoms with Crippen LogP contribution in [0.4, 0.5) is 23.2 Å². The molecule has 0 heterocycles. The molecule has 0 radical (unpaired) electrons. The van der Waals surface area contributed by atoms with Crippen LogP contribution in [0.25, 0.3) is 0 Å². The van der Waals surface area contributed by atoms with Gasteiger partial charge in [0, 0.05) is 5.69 Å². The fourth-order valence-corrected chi connectivity index (χ4v) is 2.95. The van der Waals surface area contributed by atoms with E-state index >= 15 is 0 Å². The standard InChI is InChI=1S/C13H9F4NO2S/c14-9-5-7-10(8-6-9)18-21(19,20)12-4-2-1-3-11(12)13(15,16)17/h1-8,18H. The maximum Gasteiger partial charge on any atom is 0.417 e. The highest BCUT2D eigenvalue weighted by Crippen LogP contribution is 2.34. The van der Waals surface area contributed by atoms with Gasteiger partial charge in [-0.15, -0.1) is 0 Å². The van der Waals surface area contributed by atoms with Crippen LogP contribution in [0, 0.1) is 5.82 Å². The monoisotopic (exact) mass is 319 g/mol. The molecule has 2 aromatic rings. The number of sulfonamides is 1. The molecule has 0 atom stereocenters. The van der Waals surface area contributed by atoms with Crippen molar-refractivity contribution in [3.63, 3.8) is 0 Å². The van der Waals surface area contributed by atoms with Crippen molar-refractivity contribution in [2.24, 2.45) is 0 Å². The molecule has 0 saturated carbocycles. The van der Waals surface area contributed by atoms with Crippen LogP contribution in [0.1, 0.15) is 5.56 Å². The van der Waals surface area contributed by atoms with Gasteiger partial charge in [-0.05, 0) is 36.4 Å². The summed E-state index contributed by atoms with van der Waals surface area (Å²) in [6.45, 7) is 0. The third kappa shape index (κ3) is 3.52. The molecular weight excluding hydrogens is 310 g/mol. The highest BCUT2D eigenvalue weighted by Gasteiger charge is 2.36. The van der Waals surface area contributed by atoms with E-state index in [-0.39, 0.29) is 5.69 Å². The lowest BCUT2D eigenvalue weighted by atomic mass is 10.2. The zero-order valence-electron chi connectivity index (χ0n) is 10.4. The summed E-state index contributed by atoms with van der Waals surface area (Å²) in [6.07, 6.45) is -4.80. The number of rotatable bonds is 3. The normalized spacial score (nSPS) is 12.2. The van der Waals surface area contributed by atoms with Crippen molar-refractivity contribution in [1.82, 2.24) is 0 Å². The molecule has 0 spiro atoms. The molecule has 0 aliphatic carbocycles. The van der Waals surface area contributed by atoms with E-state index in [2.05, 4.69) is 0 Å². The van der Waals surface area contributed by atoms with Gasteiger partial charge in [-0.25, -0.2) is 12.8 Å². The number of anilines is 1. The van der Waals surface area contributed by atoms with E-state index in [1.807, 2.05) is 4.72 Å². The zero-order chi connectivity index (χ0) is 15.7. The molecule has 0 aromatic heterocycles. The van der Waals surface area contributed by atoms with Crippen LogP contribution in [0.5, 0.6) is 0 Å². The minimum absolute atomic E-state index is 0.0339. The quantitative estimate of drug-likeness (QED) is 0.878. The van der Waals surface area contributed by atoms with E-state index in [0.717, 1.165) is 36.4 Å². The van der Waals surface area contributed by atoms with Gasteiger partial charge in [0.05, 0.1) is 10.5 Å². The number of benzene rings is 2. The summed E-state index contributed by atoms with van der Waals surface area (Å²) >= 11 is 0. The average Bonchev–Trinajstić information content (AvgIpc) is 2.40. The van der Waals surface area contributed by atoms with Gasteiger partial charge in [0.2, 0.25) is 0 Å². The zero-order valence-corrected chi connectivity index (χ0v) is 11.2. The van der Waals surface area contributed by atoms with Gasteiger partial charge in [0.25, 0.3) is 10.0 Å². The second-order valence-electron chi connectivity index (χ2n) is 4.11. The van der Waals surface area contributed by atoms with Crippen molar-refractivity contribution < 1.29 is 26.0 Å². The van der Waals surface area contributed by atoms with E-state index in [9.17, 15) is 26.0 Å². The minimum Gasteiger partial charge on any atom is -0.280 e. The Kier molecular flexibility index (Phi) is 3.91. The van der Waals surface area contributed by atoms with Crippen molar-refractivity contribution in [2.75, 3.05) is 4.72 Å². The van der Waals surface area contributed by atoms with E-state index in [4.69, 9.17) is 0 Å². The Hall–Kier alpha value is -2.09. The molecule has 2 rings (SSSR count). The topological polar surface area (TPSA) is 46.2 Å². The van der Waals surface area contributed by atoms with Gasteiger partial charge < -0.3 is 0 Å². The van der Waals surface area contributed by atoms with Gasteiger partial charge in [-0.3, -0.25) is 4.72 Å². The minimum atomic E-state index is -4.80. The van der Waals surface area contributed by atoms with Crippen LogP contribution in [-0.4, -0.2) is 8.42 Å². The summed E-state index contributed by atoms with van der Waals surface area (Å²) in [7, 11) is -4.43. The lowest BCUT2D eigenvalue weighted by Crippen LogP contribution is -2.18. The fourth-order valence-electron chi connectivity index (χ4n) is 1.66. The summed E-state index contributed by atoms with van der Waals surface area (Å²) in [5.74, 6) is -0.589. The predicted octanol–water partition coefficient (Wildman–Crippen LogP) is 3.65. The highest BCUT2D eigenvalue weighted by atomic mass is 32.2. The Morgan fingerprint density at radius 2 is 1.48 bits per heavy atom. The van der Waals surface area contributed by atoms with Crippen molar-refractivity contribution in [2.45, 2.75) is 11.1 Å². The molecule has 0 aliphatic heterocycles. The second-order valence-corrected chi connectivity index (χ2v) is 5.76. The van der Waals surface area contributed by atoms with Crippen LogP contribution in [0.15, 0.2) is 53.4 Å². The summed E-state index contributed by atoms with van der Waals surface area (Å²) in [4.78, 5) is -0.887. The van der Waals surface area contributed by atoms with E-state index in [1.54, 1.807) is 0 Å². The molecule has 0 saturated heterocycles. The first-order chi connectivity index (χ1) is 9.70. The molecule has 0 aliphatic rings. The Balaban J connectivity index is 2.43. The van der Waals surface area contributed by atoms with Crippen LogP contribution >= 0.6 is 0 Å². The van der Waals surface area contributed by atoms with Gasteiger partial charge in [0.15, 0.2) is 0 Å². The molecule has 112 valence electrons. The maximum absolute atomic E-state index is 12.8. The number of alkyl halides is 3. The van der Waals surface area contributed by atoms with Crippen molar-refractivity contribution in [1.29, 1.82) is 0 Å². The van der Waals surface area contributed by atoms with Gasteiger partial charge in [0.1, 0.15) is 5.82 Å². The largest absolute Gasteiger partial charge is 0.417 e. The smallest absolute Gasteiger partial charge is 0.280 e. The van der Waals surface area contributed by atoms with Gasteiger partial charge in [-0.2, -0.15) is 13.2 Å². The van der Waals surface area contributed by atoms with Crippen LogP contribution in [0.3, 0.4) is 0 Å². The first kappa shape index (κ1) is 15.3.